The Labute approximate surface area is 142 Å². The van der Waals surface area contributed by atoms with Gasteiger partial charge in [0, 0.05) is 10.9 Å². The van der Waals surface area contributed by atoms with Gasteiger partial charge in [0.15, 0.2) is 5.82 Å². The molecule has 1 fully saturated rings. The van der Waals surface area contributed by atoms with E-state index in [9.17, 15) is 0 Å². The SMILES string of the molecule is NC1(c2noc(Cc3csc(-c4ccccc4Cl)n3)n2)CCC1. The maximum absolute atomic E-state index is 6.22. The lowest BCUT2D eigenvalue weighted by Crippen LogP contribution is -2.44. The van der Waals surface area contributed by atoms with Crippen molar-refractivity contribution in [2.75, 3.05) is 0 Å². The summed E-state index contributed by atoms with van der Waals surface area (Å²) in [5.74, 6) is 1.16. The first-order valence-corrected chi connectivity index (χ1v) is 8.71. The molecule has 1 aliphatic carbocycles. The number of thiazole rings is 1. The highest BCUT2D eigenvalue weighted by molar-refractivity contribution is 7.13. The molecule has 0 bridgehead atoms. The number of benzene rings is 1. The Morgan fingerprint density at radius 3 is 2.83 bits per heavy atom. The molecule has 3 aromatic rings. The molecule has 1 aromatic carbocycles. The minimum Gasteiger partial charge on any atom is -0.339 e. The quantitative estimate of drug-likeness (QED) is 0.777. The molecular formula is C16H15ClN4OS. The standard InChI is InChI=1S/C16H15ClN4OS/c17-12-5-2-1-4-11(12)14-19-10(9-23-14)8-13-20-15(21-22-13)16(18)6-3-7-16/h1-2,4-5,9H,3,6-8,18H2. The first-order chi connectivity index (χ1) is 11.1. The van der Waals surface area contributed by atoms with Crippen molar-refractivity contribution in [3.05, 3.63) is 52.1 Å². The molecule has 0 atom stereocenters. The van der Waals surface area contributed by atoms with E-state index in [1.807, 2.05) is 29.6 Å². The van der Waals surface area contributed by atoms with Crippen molar-refractivity contribution in [1.82, 2.24) is 15.1 Å². The van der Waals surface area contributed by atoms with Crippen LogP contribution in [0.3, 0.4) is 0 Å². The third kappa shape index (κ3) is 2.78. The van der Waals surface area contributed by atoms with Crippen molar-refractivity contribution in [2.45, 2.75) is 31.2 Å². The van der Waals surface area contributed by atoms with Crippen LogP contribution in [0.4, 0.5) is 0 Å². The van der Waals surface area contributed by atoms with Gasteiger partial charge in [0.2, 0.25) is 5.89 Å². The number of hydrogen-bond acceptors (Lipinski definition) is 6. The van der Waals surface area contributed by atoms with E-state index in [2.05, 4.69) is 15.1 Å². The van der Waals surface area contributed by atoms with Crippen LogP contribution in [-0.2, 0) is 12.0 Å². The van der Waals surface area contributed by atoms with Crippen LogP contribution in [0.1, 0.15) is 36.7 Å². The van der Waals surface area contributed by atoms with E-state index < -0.39 is 5.54 Å². The van der Waals surface area contributed by atoms with Gasteiger partial charge in [-0.3, -0.25) is 0 Å². The third-order valence-electron chi connectivity index (χ3n) is 4.15. The van der Waals surface area contributed by atoms with Crippen LogP contribution in [-0.4, -0.2) is 15.1 Å². The summed E-state index contributed by atoms with van der Waals surface area (Å²) in [7, 11) is 0. The molecule has 0 aliphatic heterocycles. The average Bonchev–Trinajstić information content (AvgIpc) is 3.16. The number of rotatable bonds is 4. The van der Waals surface area contributed by atoms with Crippen LogP contribution >= 0.6 is 22.9 Å². The average molecular weight is 347 g/mol. The fourth-order valence-electron chi connectivity index (χ4n) is 2.61. The summed E-state index contributed by atoms with van der Waals surface area (Å²) in [5.41, 5.74) is 7.64. The molecule has 2 N–H and O–H groups in total. The molecule has 5 nitrogen and oxygen atoms in total. The molecule has 0 saturated heterocycles. The van der Waals surface area contributed by atoms with Gasteiger partial charge in [-0.2, -0.15) is 4.98 Å². The molecule has 0 radical (unpaired) electrons. The molecule has 2 aromatic heterocycles. The summed E-state index contributed by atoms with van der Waals surface area (Å²) >= 11 is 7.77. The van der Waals surface area contributed by atoms with Gasteiger partial charge in [-0.15, -0.1) is 11.3 Å². The number of hydrogen-bond donors (Lipinski definition) is 1. The Hall–Kier alpha value is -1.76. The highest BCUT2D eigenvalue weighted by atomic mass is 35.5. The molecule has 7 heteroatoms. The molecule has 118 valence electrons. The predicted molar refractivity (Wildman–Crippen MR) is 89.4 cm³/mol. The van der Waals surface area contributed by atoms with Crippen LogP contribution in [0.15, 0.2) is 34.2 Å². The zero-order valence-electron chi connectivity index (χ0n) is 12.3. The highest BCUT2D eigenvalue weighted by Crippen LogP contribution is 2.37. The summed E-state index contributed by atoms with van der Waals surface area (Å²) in [4.78, 5) is 9.05. The van der Waals surface area contributed by atoms with E-state index >= 15 is 0 Å². The van der Waals surface area contributed by atoms with Crippen LogP contribution < -0.4 is 5.73 Å². The Morgan fingerprint density at radius 2 is 2.09 bits per heavy atom. The second-order valence-corrected chi connectivity index (χ2v) is 7.09. The molecule has 1 saturated carbocycles. The van der Waals surface area contributed by atoms with Gasteiger partial charge in [-0.1, -0.05) is 35.0 Å². The first kappa shape index (κ1) is 14.8. The smallest absolute Gasteiger partial charge is 0.232 e. The van der Waals surface area contributed by atoms with Crippen molar-refractivity contribution >= 4 is 22.9 Å². The van der Waals surface area contributed by atoms with E-state index in [4.69, 9.17) is 21.9 Å². The zero-order chi connectivity index (χ0) is 15.9. The van der Waals surface area contributed by atoms with Crippen molar-refractivity contribution in [3.63, 3.8) is 0 Å². The molecule has 4 rings (SSSR count). The largest absolute Gasteiger partial charge is 0.339 e. The summed E-state index contributed by atoms with van der Waals surface area (Å²) in [6.07, 6.45) is 3.45. The molecule has 0 spiro atoms. The summed E-state index contributed by atoms with van der Waals surface area (Å²) in [5, 5.41) is 7.61. The maximum Gasteiger partial charge on any atom is 0.232 e. The molecule has 23 heavy (non-hydrogen) atoms. The summed E-state index contributed by atoms with van der Waals surface area (Å²) < 4.78 is 5.33. The lowest BCUT2D eigenvalue weighted by Gasteiger charge is -2.34. The van der Waals surface area contributed by atoms with Gasteiger partial charge in [0.1, 0.15) is 5.01 Å². The Balaban J connectivity index is 1.53. The second-order valence-electron chi connectivity index (χ2n) is 5.82. The monoisotopic (exact) mass is 346 g/mol. The Kier molecular flexibility index (Phi) is 3.67. The minimum absolute atomic E-state index is 0.396. The van der Waals surface area contributed by atoms with Gasteiger partial charge in [0.25, 0.3) is 0 Å². The van der Waals surface area contributed by atoms with Crippen LogP contribution in [0.25, 0.3) is 10.6 Å². The number of nitrogens with two attached hydrogens (primary N) is 1. The van der Waals surface area contributed by atoms with Crippen molar-refractivity contribution in [2.24, 2.45) is 5.73 Å². The number of halogens is 1. The topological polar surface area (TPSA) is 77.8 Å². The molecule has 0 unspecified atom stereocenters. The predicted octanol–water partition coefficient (Wildman–Crippen LogP) is 3.78. The van der Waals surface area contributed by atoms with E-state index in [0.717, 1.165) is 35.5 Å². The summed E-state index contributed by atoms with van der Waals surface area (Å²) in [6.45, 7) is 0. The van der Waals surface area contributed by atoms with Gasteiger partial charge < -0.3 is 10.3 Å². The second kappa shape index (κ2) is 5.70. The maximum atomic E-state index is 6.22. The normalized spacial score (nSPS) is 16.3. The summed E-state index contributed by atoms with van der Waals surface area (Å²) in [6, 6.07) is 7.68. The van der Waals surface area contributed by atoms with Crippen LogP contribution in [0, 0.1) is 0 Å². The van der Waals surface area contributed by atoms with Gasteiger partial charge in [-0.05, 0) is 25.3 Å². The van der Waals surface area contributed by atoms with Crippen LogP contribution in [0.5, 0.6) is 0 Å². The number of aromatic nitrogens is 3. The van der Waals surface area contributed by atoms with Crippen molar-refractivity contribution in [1.29, 1.82) is 0 Å². The highest BCUT2D eigenvalue weighted by Gasteiger charge is 2.38. The fourth-order valence-corrected chi connectivity index (χ4v) is 3.75. The van der Waals surface area contributed by atoms with E-state index in [0.29, 0.717) is 23.2 Å². The van der Waals surface area contributed by atoms with Gasteiger partial charge >= 0.3 is 0 Å². The first-order valence-electron chi connectivity index (χ1n) is 7.45. The van der Waals surface area contributed by atoms with Gasteiger partial charge in [-0.25, -0.2) is 4.98 Å². The Morgan fingerprint density at radius 1 is 1.26 bits per heavy atom. The van der Waals surface area contributed by atoms with Crippen molar-refractivity contribution < 1.29 is 4.52 Å². The third-order valence-corrected chi connectivity index (χ3v) is 5.40. The van der Waals surface area contributed by atoms with Crippen LogP contribution in [0.2, 0.25) is 5.02 Å². The number of nitrogens with zero attached hydrogens (tertiary/aromatic N) is 3. The Bertz CT molecular complexity index is 840. The molecule has 2 heterocycles. The van der Waals surface area contributed by atoms with E-state index in [-0.39, 0.29) is 0 Å². The minimum atomic E-state index is -0.396. The lowest BCUT2D eigenvalue weighted by molar-refractivity contribution is 0.229. The molecule has 1 aliphatic rings. The van der Waals surface area contributed by atoms with E-state index in [1.54, 1.807) is 11.3 Å². The van der Waals surface area contributed by atoms with E-state index in [1.165, 1.54) is 0 Å². The van der Waals surface area contributed by atoms with Crippen molar-refractivity contribution in [3.8, 4) is 10.6 Å². The van der Waals surface area contributed by atoms with Gasteiger partial charge in [0.05, 0.1) is 22.7 Å². The molecule has 0 amide bonds. The fraction of sp³-hybridized carbons (Fsp3) is 0.312. The zero-order valence-corrected chi connectivity index (χ0v) is 13.9. The molecular weight excluding hydrogens is 332 g/mol. The lowest BCUT2D eigenvalue weighted by atomic mass is 9.77.